The Balaban J connectivity index is 2.93. The van der Waals surface area contributed by atoms with E-state index in [-0.39, 0.29) is 5.69 Å². The molecule has 1 aliphatic rings. The van der Waals surface area contributed by atoms with Crippen LogP contribution in [0.5, 0.6) is 0 Å². The van der Waals surface area contributed by atoms with Crippen molar-refractivity contribution in [2.24, 2.45) is 0 Å². The van der Waals surface area contributed by atoms with Crippen LogP contribution in [-0.4, -0.2) is 9.55 Å². The van der Waals surface area contributed by atoms with Gasteiger partial charge in [-0.15, -0.1) is 0 Å². The Morgan fingerprint density at radius 3 is 2.92 bits per heavy atom. The molecule has 0 atom stereocenters. The summed E-state index contributed by atoms with van der Waals surface area (Å²) in [6.45, 7) is 5.61. The molecule has 0 saturated carbocycles. The maximum atomic E-state index is 11.5. The molecule has 0 aliphatic heterocycles. The van der Waals surface area contributed by atoms with Gasteiger partial charge in [0.05, 0.1) is 10.7 Å². The van der Waals surface area contributed by atoms with Gasteiger partial charge >= 0.3 is 5.69 Å². The van der Waals surface area contributed by atoms with E-state index in [2.05, 4.69) is 23.7 Å². The molecule has 0 unspecified atom stereocenters. The maximum Gasteiger partial charge on any atom is 0.330 e. The lowest BCUT2D eigenvalue weighted by atomic mass is 10.2. The second-order valence-corrected chi connectivity index (χ2v) is 3.29. The number of allylic oxidation sites excluding steroid dienone is 1. The van der Waals surface area contributed by atoms with Gasteiger partial charge in [0, 0.05) is 5.70 Å². The zero-order valence-electron chi connectivity index (χ0n) is 7.63. The van der Waals surface area contributed by atoms with Crippen molar-refractivity contribution in [1.29, 1.82) is 0 Å². The van der Waals surface area contributed by atoms with Gasteiger partial charge in [0.25, 0.3) is 0 Å². The summed E-state index contributed by atoms with van der Waals surface area (Å²) >= 11 is 0. The van der Waals surface area contributed by atoms with Gasteiger partial charge in [0.2, 0.25) is 0 Å². The van der Waals surface area contributed by atoms with Crippen molar-refractivity contribution in [3.05, 3.63) is 27.8 Å². The van der Waals surface area contributed by atoms with E-state index in [4.69, 9.17) is 0 Å². The summed E-state index contributed by atoms with van der Waals surface area (Å²) in [5, 5.41) is 1.89. The highest BCUT2D eigenvalue weighted by Crippen LogP contribution is 1.95. The maximum absolute atomic E-state index is 11.5. The zero-order valence-corrected chi connectivity index (χ0v) is 7.63. The summed E-state index contributed by atoms with van der Waals surface area (Å²) in [6, 6.07) is 0. The standard InChI is InChI=1S/C10H12N2O/c1-7(2)12-9-6-4-3-5-8(9)11-10(12)13/h5-6H,1,3-4H2,2H3,(H,11,13). The summed E-state index contributed by atoms with van der Waals surface area (Å²) in [5.74, 6) is 0. The second kappa shape index (κ2) is 2.76. The average Bonchev–Trinajstić information content (AvgIpc) is 2.39. The summed E-state index contributed by atoms with van der Waals surface area (Å²) in [5.41, 5.74) is 0.668. The van der Waals surface area contributed by atoms with Crippen LogP contribution in [0.2, 0.25) is 0 Å². The van der Waals surface area contributed by atoms with Gasteiger partial charge in [-0.05, 0) is 19.8 Å². The predicted molar refractivity (Wildman–Crippen MR) is 53.5 cm³/mol. The number of rotatable bonds is 1. The molecule has 1 aliphatic carbocycles. The van der Waals surface area contributed by atoms with E-state index < -0.39 is 0 Å². The van der Waals surface area contributed by atoms with Gasteiger partial charge in [-0.1, -0.05) is 18.7 Å². The fourth-order valence-corrected chi connectivity index (χ4v) is 1.65. The molecule has 0 amide bonds. The summed E-state index contributed by atoms with van der Waals surface area (Å²) in [7, 11) is 0. The van der Waals surface area contributed by atoms with Gasteiger partial charge < -0.3 is 4.98 Å². The quantitative estimate of drug-likeness (QED) is 0.643. The largest absolute Gasteiger partial charge is 0.330 e. The normalized spacial score (nSPS) is 14.2. The van der Waals surface area contributed by atoms with Crippen LogP contribution in [0.15, 0.2) is 11.4 Å². The van der Waals surface area contributed by atoms with Crippen LogP contribution in [0.4, 0.5) is 0 Å². The highest BCUT2D eigenvalue weighted by atomic mass is 16.1. The average molecular weight is 176 g/mol. The Labute approximate surface area is 75.7 Å². The molecule has 3 nitrogen and oxygen atoms in total. The van der Waals surface area contributed by atoms with E-state index in [0.29, 0.717) is 0 Å². The lowest BCUT2D eigenvalue weighted by Gasteiger charge is -2.00. The lowest BCUT2D eigenvalue weighted by Crippen LogP contribution is -2.32. The van der Waals surface area contributed by atoms with Crippen LogP contribution in [0.3, 0.4) is 0 Å². The lowest BCUT2D eigenvalue weighted by molar-refractivity contribution is 0.969. The Bertz CT molecular complexity index is 516. The molecule has 0 spiro atoms. The molecular weight excluding hydrogens is 164 g/mol. The molecule has 13 heavy (non-hydrogen) atoms. The summed E-state index contributed by atoms with van der Waals surface area (Å²) in [4.78, 5) is 14.3. The van der Waals surface area contributed by atoms with Crippen molar-refractivity contribution in [3.8, 4) is 0 Å². The van der Waals surface area contributed by atoms with Gasteiger partial charge in [-0.25, -0.2) is 4.79 Å². The number of nitrogens with zero attached hydrogens (tertiary/aromatic N) is 1. The van der Waals surface area contributed by atoms with E-state index in [1.54, 1.807) is 4.57 Å². The smallest absolute Gasteiger partial charge is 0.306 e. The first-order valence-electron chi connectivity index (χ1n) is 4.37. The molecule has 68 valence electrons. The van der Waals surface area contributed by atoms with Crippen LogP contribution in [0, 0.1) is 0 Å². The molecule has 0 saturated heterocycles. The van der Waals surface area contributed by atoms with Gasteiger partial charge in [0.15, 0.2) is 0 Å². The number of H-pyrrole nitrogens is 1. The van der Waals surface area contributed by atoms with Crippen LogP contribution in [0.1, 0.15) is 19.8 Å². The van der Waals surface area contributed by atoms with E-state index in [0.717, 1.165) is 29.2 Å². The fourth-order valence-electron chi connectivity index (χ4n) is 1.65. The van der Waals surface area contributed by atoms with Crippen molar-refractivity contribution in [1.82, 2.24) is 9.55 Å². The molecule has 0 radical (unpaired) electrons. The van der Waals surface area contributed by atoms with Crippen LogP contribution >= 0.6 is 0 Å². The number of aromatic amines is 1. The summed E-state index contributed by atoms with van der Waals surface area (Å²) < 4.78 is 1.62. The van der Waals surface area contributed by atoms with E-state index in [1.807, 2.05) is 6.92 Å². The van der Waals surface area contributed by atoms with Crippen molar-refractivity contribution >= 4 is 17.8 Å². The molecular formula is C10H12N2O. The third-order valence-electron chi connectivity index (χ3n) is 2.20. The van der Waals surface area contributed by atoms with Crippen molar-refractivity contribution in [3.63, 3.8) is 0 Å². The first-order valence-corrected chi connectivity index (χ1v) is 4.37. The van der Waals surface area contributed by atoms with Crippen LogP contribution in [0.25, 0.3) is 17.8 Å². The SMILES string of the molecule is C=C(C)n1c(=O)[nH]c2c1=CCCC=2. The number of imidazole rings is 1. The highest BCUT2D eigenvalue weighted by Gasteiger charge is 2.04. The molecule has 0 bridgehead atoms. The molecule has 0 fully saturated rings. The van der Waals surface area contributed by atoms with Crippen LogP contribution < -0.4 is 16.4 Å². The van der Waals surface area contributed by atoms with Crippen molar-refractivity contribution in [2.75, 3.05) is 0 Å². The highest BCUT2D eigenvalue weighted by molar-refractivity contribution is 5.42. The first-order chi connectivity index (χ1) is 6.20. The van der Waals surface area contributed by atoms with Gasteiger partial charge in [-0.2, -0.15) is 0 Å². The topological polar surface area (TPSA) is 37.8 Å². The third kappa shape index (κ3) is 1.16. The molecule has 1 aromatic rings. The zero-order chi connectivity index (χ0) is 9.42. The number of hydrogen-bond acceptors (Lipinski definition) is 1. The minimum atomic E-state index is -0.0908. The Hall–Kier alpha value is -1.51. The van der Waals surface area contributed by atoms with E-state index in [1.165, 1.54) is 0 Å². The molecule has 3 heteroatoms. The molecule has 2 rings (SSSR count). The fraction of sp³-hybridized carbons (Fsp3) is 0.300. The van der Waals surface area contributed by atoms with Crippen molar-refractivity contribution < 1.29 is 0 Å². The predicted octanol–water partition coefficient (Wildman–Crippen LogP) is 0.0218. The van der Waals surface area contributed by atoms with Crippen LogP contribution in [-0.2, 0) is 0 Å². The molecule has 0 aromatic carbocycles. The number of aromatic nitrogens is 2. The monoisotopic (exact) mass is 176 g/mol. The van der Waals surface area contributed by atoms with Crippen molar-refractivity contribution in [2.45, 2.75) is 19.8 Å². The number of hydrogen-bond donors (Lipinski definition) is 1. The van der Waals surface area contributed by atoms with Gasteiger partial charge in [0.1, 0.15) is 0 Å². The number of nitrogens with one attached hydrogen (secondary N) is 1. The molecule has 1 N–H and O–H groups in total. The summed E-state index contributed by atoms with van der Waals surface area (Å²) in [6.07, 6.45) is 6.12. The second-order valence-electron chi connectivity index (χ2n) is 3.29. The Kier molecular flexibility index (Phi) is 1.72. The minimum absolute atomic E-state index is 0.0908. The Morgan fingerprint density at radius 1 is 1.54 bits per heavy atom. The van der Waals surface area contributed by atoms with Gasteiger partial charge in [-0.3, -0.25) is 4.57 Å². The third-order valence-corrected chi connectivity index (χ3v) is 2.20. The molecule has 1 heterocycles. The minimum Gasteiger partial charge on any atom is -0.306 e. The van der Waals surface area contributed by atoms with E-state index >= 15 is 0 Å². The number of fused-ring (bicyclic) bond motifs is 1. The molecule has 1 aromatic heterocycles. The van der Waals surface area contributed by atoms with E-state index in [9.17, 15) is 4.79 Å². The Morgan fingerprint density at radius 2 is 2.23 bits per heavy atom. The first kappa shape index (κ1) is 8.10.